The van der Waals surface area contributed by atoms with Crippen LogP contribution in [-0.2, 0) is 24.5 Å². The lowest BCUT2D eigenvalue weighted by Crippen LogP contribution is -2.30. The lowest BCUT2D eigenvalue weighted by atomic mass is 10.0. The number of anilines is 1. The van der Waals surface area contributed by atoms with Gasteiger partial charge in [-0.25, -0.2) is 4.79 Å². The SMILES string of the molecule is CN(Cc1cccc2ccccc12)C(=O)Nc1cccc(COCc2ccco2)c1. The number of benzene rings is 3. The number of amides is 2. The second kappa shape index (κ2) is 9.29. The Labute approximate surface area is 175 Å². The number of nitrogens with one attached hydrogen (secondary N) is 1. The number of furan rings is 1. The molecule has 5 heteroatoms. The van der Waals surface area contributed by atoms with Crippen molar-refractivity contribution in [2.24, 2.45) is 0 Å². The van der Waals surface area contributed by atoms with Crippen molar-refractivity contribution in [3.05, 3.63) is 102 Å². The van der Waals surface area contributed by atoms with Crippen molar-refractivity contribution in [2.75, 3.05) is 12.4 Å². The van der Waals surface area contributed by atoms with Gasteiger partial charge in [-0.3, -0.25) is 0 Å². The molecule has 4 rings (SSSR count). The molecule has 152 valence electrons. The summed E-state index contributed by atoms with van der Waals surface area (Å²) in [6.45, 7) is 1.38. The third kappa shape index (κ3) is 4.88. The molecule has 30 heavy (non-hydrogen) atoms. The van der Waals surface area contributed by atoms with Gasteiger partial charge < -0.3 is 19.4 Å². The van der Waals surface area contributed by atoms with Crippen LogP contribution in [0.4, 0.5) is 10.5 Å². The first-order valence-corrected chi connectivity index (χ1v) is 9.87. The molecule has 1 heterocycles. The van der Waals surface area contributed by atoms with Gasteiger partial charge in [0.05, 0.1) is 12.9 Å². The monoisotopic (exact) mass is 400 g/mol. The molecular weight excluding hydrogens is 376 g/mol. The average Bonchev–Trinajstić information content (AvgIpc) is 3.28. The van der Waals surface area contributed by atoms with Gasteiger partial charge in [0.2, 0.25) is 0 Å². The molecule has 5 nitrogen and oxygen atoms in total. The summed E-state index contributed by atoms with van der Waals surface area (Å²) in [5.74, 6) is 0.787. The Balaban J connectivity index is 1.36. The molecule has 0 saturated heterocycles. The highest BCUT2D eigenvalue weighted by molar-refractivity contribution is 5.90. The van der Waals surface area contributed by atoms with Gasteiger partial charge in [0.1, 0.15) is 12.4 Å². The topological polar surface area (TPSA) is 54.7 Å². The summed E-state index contributed by atoms with van der Waals surface area (Å²) in [6, 6.07) is 25.6. The van der Waals surface area contributed by atoms with E-state index in [4.69, 9.17) is 9.15 Å². The second-order valence-electron chi connectivity index (χ2n) is 7.20. The highest BCUT2D eigenvalue weighted by atomic mass is 16.5. The molecule has 0 aliphatic heterocycles. The Morgan fingerprint density at radius 1 is 0.967 bits per heavy atom. The quantitative estimate of drug-likeness (QED) is 0.426. The van der Waals surface area contributed by atoms with Gasteiger partial charge in [-0.15, -0.1) is 0 Å². The molecule has 0 radical (unpaired) electrons. The highest BCUT2D eigenvalue weighted by Gasteiger charge is 2.11. The zero-order chi connectivity index (χ0) is 20.8. The number of carbonyl (C=O) groups excluding carboxylic acids is 1. The van der Waals surface area contributed by atoms with Gasteiger partial charge in [0, 0.05) is 19.3 Å². The van der Waals surface area contributed by atoms with E-state index in [1.165, 1.54) is 5.39 Å². The number of ether oxygens (including phenoxy) is 1. The Morgan fingerprint density at radius 3 is 2.67 bits per heavy atom. The Bertz CT molecular complexity index is 1120. The lowest BCUT2D eigenvalue weighted by molar-refractivity contribution is 0.0930. The summed E-state index contributed by atoms with van der Waals surface area (Å²) in [7, 11) is 1.80. The largest absolute Gasteiger partial charge is 0.467 e. The Hall–Kier alpha value is -3.57. The van der Waals surface area contributed by atoms with Gasteiger partial charge in [-0.1, -0.05) is 54.6 Å². The maximum Gasteiger partial charge on any atom is 0.321 e. The summed E-state index contributed by atoms with van der Waals surface area (Å²) in [4.78, 5) is 14.4. The Kier molecular flexibility index (Phi) is 6.11. The van der Waals surface area contributed by atoms with Crippen LogP contribution in [0.2, 0.25) is 0 Å². The molecule has 0 spiro atoms. The van der Waals surface area contributed by atoms with Crippen molar-refractivity contribution in [2.45, 2.75) is 19.8 Å². The fourth-order valence-electron chi connectivity index (χ4n) is 3.38. The summed E-state index contributed by atoms with van der Waals surface area (Å²) < 4.78 is 10.9. The van der Waals surface area contributed by atoms with Crippen LogP contribution >= 0.6 is 0 Å². The molecule has 0 saturated carbocycles. The number of nitrogens with zero attached hydrogens (tertiary/aromatic N) is 1. The van der Waals surface area contributed by atoms with Gasteiger partial charge >= 0.3 is 6.03 Å². The summed E-state index contributed by atoms with van der Waals surface area (Å²) >= 11 is 0. The van der Waals surface area contributed by atoms with Crippen molar-refractivity contribution < 1.29 is 13.9 Å². The van der Waals surface area contributed by atoms with Crippen LogP contribution in [0.1, 0.15) is 16.9 Å². The number of rotatable bonds is 7. The predicted octanol–water partition coefficient (Wildman–Crippen LogP) is 5.81. The normalized spacial score (nSPS) is 10.8. The van der Waals surface area contributed by atoms with Crippen molar-refractivity contribution in [3.63, 3.8) is 0 Å². The number of hydrogen-bond acceptors (Lipinski definition) is 3. The van der Waals surface area contributed by atoms with Crippen molar-refractivity contribution in [3.8, 4) is 0 Å². The molecule has 0 fully saturated rings. The molecule has 1 aromatic heterocycles. The predicted molar refractivity (Wildman–Crippen MR) is 118 cm³/mol. The molecule has 0 aliphatic rings. The van der Waals surface area contributed by atoms with Crippen molar-refractivity contribution >= 4 is 22.5 Å². The third-order valence-electron chi connectivity index (χ3n) is 4.91. The van der Waals surface area contributed by atoms with E-state index in [0.29, 0.717) is 19.8 Å². The van der Waals surface area contributed by atoms with Crippen LogP contribution < -0.4 is 5.32 Å². The van der Waals surface area contributed by atoms with Crippen molar-refractivity contribution in [1.29, 1.82) is 0 Å². The smallest absolute Gasteiger partial charge is 0.321 e. The van der Waals surface area contributed by atoms with Crippen LogP contribution in [0.3, 0.4) is 0 Å². The zero-order valence-corrected chi connectivity index (χ0v) is 16.9. The molecule has 4 aromatic rings. The fraction of sp³-hybridized carbons (Fsp3) is 0.160. The molecule has 0 aliphatic carbocycles. The maximum atomic E-state index is 12.7. The first kappa shape index (κ1) is 19.7. The number of fused-ring (bicyclic) bond motifs is 1. The molecular formula is C25H24N2O3. The minimum absolute atomic E-state index is 0.156. The third-order valence-corrected chi connectivity index (χ3v) is 4.91. The second-order valence-corrected chi connectivity index (χ2v) is 7.20. The number of hydrogen-bond donors (Lipinski definition) is 1. The first-order chi connectivity index (χ1) is 14.7. The number of urea groups is 1. The van der Waals surface area contributed by atoms with Crippen LogP contribution in [0, 0.1) is 0 Å². The van der Waals surface area contributed by atoms with E-state index in [2.05, 4.69) is 29.6 Å². The minimum Gasteiger partial charge on any atom is -0.467 e. The lowest BCUT2D eigenvalue weighted by Gasteiger charge is -2.19. The maximum absolute atomic E-state index is 12.7. The van der Waals surface area contributed by atoms with Crippen LogP contribution in [-0.4, -0.2) is 18.0 Å². The van der Waals surface area contributed by atoms with E-state index in [0.717, 1.165) is 28.0 Å². The first-order valence-electron chi connectivity index (χ1n) is 9.87. The van der Waals surface area contributed by atoms with E-state index >= 15 is 0 Å². The van der Waals surface area contributed by atoms with E-state index in [1.807, 2.05) is 54.6 Å². The van der Waals surface area contributed by atoms with Gasteiger partial charge in [0.25, 0.3) is 0 Å². The molecule has 3 aromatic carbocycles. The molecule has 0 atom stereocenters. The van der Waals surface area contributed by atoms with Crippen LogP contribution in [0.15, 0.2) is 89.5 Å². The van der Waals surface area contributed by atoms with Gasteiger partial charge in [-0.2, -0.15) is 0 Å². The Morgan fingerprint density at radius 2 is 1.80 bits per heavy atom. The summed E-state index contributed by atoms with van der Waals surface area (Å²) in [6.07, 6.45) is 1.63. The van der Waals surface area contributed by atoms with E-state index in [-0.39, 0.29) is 6.03 Å². The highest BCUT2D eigenvalue weighted by Crippen LogP contribution is 2.20. The number of carbonyl (C=O) groups is 1. The minimum atomic E-state index is -0.156. The zero-order valence-electron chi connectivity index (χ0n) is 16.9. The molecule has 1 N–H and O–H groups in total. The summed E-state index contributed by atoms with van der Waals surface area (Å²) in [5.41, 5.74) is 2.84. The van der Waals surface area contributed by atoms with Crippen LogP contribution in [0.25, 0.3) is 10.8 Å². The summed E-state index contributed by atoms with van der Waals surface area (Å²) in [5, 5.41) is 5.30. The van der Waals surface area contributed by atoms with Crippen LogP contribution in [0.5, 0.6) is 0 Å². The molecule has 0 bridgehead atoms. The van der Waals surface area contributed by atoms with E-state index < -0.39 is 0 Å². The standard InChI is InChI=1S/C25H24N2O3/c1-27(16-21-10-5-9-20-8-2-3-13-24(20)21)25(28)26-22-11-4-7-19(15-22)17-29-18-23-12-6-14-30-23/h2-15H,16-18H2,1H3,(H,26,28). The average molecular weight is 400 g/mol. The van der Waals surface area contributed by atoms with Gasteiger partial charge in [-0.05, 0) is 46.2 Å². The van der Waals surface area contributed by atoms with Crippen molar-refractivity contribution in [1.82, 2.24) is 4.90 Å². The fourth-order valence-corrected chi connectivity index (χ4v) is 3.38. The van der Waals surface area contributed by atoms with E-state index in [9.17, 15) is 4.79 Å². The molecule has 0 unspecified atom stereocenters. The van der Waals surface area contributed by atoms with Gasteiger partial charge in [0.15, 0.2) is 0 Å². The van der Waals surface area contributed by atoms with E-state index in [1.54, 1.807) is 18.2 Å². The molecule has 2 amide bonds.